The first-order valence-electron chi connectivity index (χ1n) is 2.53. The molecule has 0 aromatic heterocycles. The molecule has 1 heterocycles. The monoisotopic (exact) mass is 137 g/mol. The van der Waals surface area contributed by atoms with E-state index in [9.17, 15) is 0 Å². The summed E-state index contributed by atoms with van der Waals surface area (Å²) in [4.78, 5) is 9.70. The molecule has 8 heavy (non-hydrogen) atoms. The second-order valence-corrected chi connectivity index (χ2v) is 1.70. The molecule has 1 rings (SSSR count). The Labute approximate surface area is 53.0 Å². The fourth-order valence-electron chi connectivity index (χ4n) is 0.581. The van der Waals surface area contributed by atoms with Crippen LogP contribution in [0.1, 0.15) is 6.42 Å². The molecule has 0 bridgehead atoms. The van der Waals surface area contributed by atoms with Crippen molar-refractivity contribution in [2.75, 3.05) is 19.2 Å². The van der Waals surface area contributed by atoms with Gasteiger partial charge in [0, 0.05) is 0 Å². The van der Waals surface area contributed by atoms with Gasteiger partial charge in [-0.25, -0.2) is 0 Å². The molecule has 0 spiro atoms. The molecule has 0 saturated carbocycles. The molecular weight excluding hydrogens is 130 g/mol. The summed E-state index contributed by atoms with van der Waals surface area (Å²) in [6, 6.07) is 0.167. The molecule has 48 valence electrons. The number of hydroxylamine groups is 2. The van der Waals surface area contributed by atoms with Crippen LogP contribution in [0.4, 0.5) is 0 Å². The van der Waals surface area contributed by atoms with E-state index in [0.717, 1.165) is 19.6 Å². The van der Waals surface area contributed by atoms with E-state index in [1.54, 1.807) is 0 Å². The van der Waals surface area contributed by atoms with Gasteiger partial charge in [-0.05, 0) is 6.42 Å². The van der Waals surface area contributed by atoms with Gasteiger partial charge in [0.05, 0.1) is 13.2 Å². The molecule has 0 atom stereocenters. The van der Waals surface area contributed by atoms with Crippen LogP contribution in [0.2, 0.25) is 0 Å². The fourth-order valence-corrected chi connectivity index (χ4v) is 0.690. The third-order valence-electron chi connectivity index (χ3n) is 0.913. The van der Waals surface area contributed by atoms with Crippen LogP contribution in [-0.4, -0.2) is 24.4 Å². The summed E-state index contributed by atoms with van der Waals surface area (Å²) in [7, 11) is 0. The topological polar surface area (TPSA) is 21.7 Å². The first-order valence-corrected chi connectivity index (χ1v) is 3.06. The van der Waals surface area contributed by atoms with E-state index in [0.29, 0.717) is 0 Å². The van der Waals surface area contributed by atoms with Crippen molar-refractivity contribution in [2.24, 2.45) is 0 Å². The van der Waals surface area contributed by atoms with Crippen LogP contribution in [0.25, 0.3) is 0 Å². The van der Waals surface area contributed by atoms with E-state index < -0.39 is 0 Å². The number of rotatable bonds is 2. The normalized spacial score (nSPS) is 22.1. The minimum atomic E-state index is 0.167. The van der Waals surface area contributed by atoms with Crippen molar-refractivity contribution >= 4 is 11.6 Å². The summed E-state index contributed by atoms with van der Waals surface area (Å²) in [5, 5.41) is 1.41. The van der Waals surface area contributed by atoms with Crippen molar-refractivity contribution in [1.29, 1.82) is 0 Å². The van der Waals surface area contributed by atoms with Gasteiger partial charge in [0.2, 0.25) is 0 Å². The second-order valence-electron chi connectivity index (χ2n) is 1.48. The Bertz CT molecular complexity index is 65.1. The van der Waals surface area contributed by atoms with Gasteiger partial charge in [0.25, 0.3) is 0 Å². The van der Waals surface area contributed by atoms with Crippen LogP contribution >= 0.6 is 11.6 Å². The zero-order chi connectivity index (χ0) is 5.82. The molecule has 3 nitrogen and oxygen atoms in total. The van der Waals surface area contributed by atoms with E-state index in [1.807, 2.05) is 0 Å². The average Bonchev–Trinajstić information content (AvgIpc) is 2.19. The van der Waals surface area contributed by atoms with Crippen LogP contribution in [0.3, 0.4) is 0 Å². The summed E-state index contributed by atoms with van der Waals surface area (Å²) in [5.41, 5.74) is 0. The van der Waals surface area contributed by atoms with Crippen LogP contribution in [0, 0.1) is 0 Å². The van der Waals surface area contributed by atoms with Crippen LogP contribution in [-0.2, 0) is 9.68 Å². The highest BCUT2D eigenvalue weighted by atomic mass is 35.5. The lowest BCUT2D eigenvalue weighted by atomic mass is 10.5. The molecule has 1 aliphatic rings. The lowest BCUT2D eigenvalue weighted by Crippen LogP contribution is -2.17. The first kappa shape index (κ1) is 6.29. The van der Waals surface area contributed by atoms with Gasteiger partial charge in [-0.3, -0.25) is 9.68 Å². The number of hydrogen-bond acceptors (Lipinski definition) is 3. The number of nitrogens with zero attached hydrogens (tertiary/aromatic N) is 1. The van der Waals surface area contributed by atoms with E-state index in [-0.39, 0.29) is 6.07 Å². The Morgan fingerprint density at radius 3 is 3.12 bits per heavy atom. The van der Waals surface area contributed by atoms with Crippen LogP contribution in [0.15, 0.2) is 0 Å². The van der Waals surface area contributed by atoms with E-state index in [4.69, 9.17) is 21.3 Å². The van der Waals surface area contributed by atoms with E-state index in [2.05, 4.69) is 0 Å². The Hall–Kier alpha value is 0.170. The summed E-state index contributed by atoms with van der Waals surface area (Å²) >= 11 is 5.24. The number of alkyl halides is 1. The van der Waals surface area contributed by atoms with Crippen molar-refractivity contribution in [3.63, 3.8) is 0 Å². The number of halogens is 1. The standard InChI is InChI=1S/C4H8ClNO2/c5-4-8-6-2-1-3-7-6/h1-4H2. The van der Waals surface area contributed by atoms with E-state index >= 15 is 0 Å². The maximum Gasteiger partial charge on any atom is 0.145 e. The average molecular weight is 138 g/mol. The fraction of sp³-hybridized carbons (Fsp3) is 1.00. The highest BCUT2D eigenvalue weighted by Crippen LogP contribution is 2.03. The van der Waals surface area contributed by atoms with Crippen molar-refractivity contribution in [2.45, 2.75) is 6.42 Å². The largest absolute Gasteiger partial charge is 0.274 e. The molecule has 1 aliphatic heterocycles. The Balaban J connectivity index is 2.06. The molecule has 0 aliphatic carbocycles. The molecule has 1 fully saturated rings. The van der Waals surface area contributed by atoms with Gasteiger partial charge in [-0.2, -0.15) is 0 Å². The predicted molar refractivity (Wildman–Crippen MR) is 29.1 cm³/mol. The van der Waals surface area contributed by atoms with Crippen molar-refractivity contribution in [3.05, 3.63) is 0 Å². The summed E-state index contributed by atoms with van der Waals surface area (Å²) in [5.74, 6) is 0. The van der Waals surface area contributed by atoms with Gasteiger partial charge >= 0.3 is 0 Å². The van der Waals surface area contributed by atoms with Gasteiger partial charge < -0.3 is 0 Å². The smallest absolute Gasteiger partial charge is 0.145 e. The summed E-state index contributed by atoms with van der Waals surface area (Å²) in [6.45, 7) is 1.57. The van der Waals surface area contributed by atoms with Gasteiger partial charge in [0.15, 0.2) is 0 Å². The first-order chi connectivity index (χ1) is 3.93. The molecule has 4 heteroatoms. The third kappa shape index (κ3) is 1.59. The molecule has 0 N–H and O–H groups in total. The second kappa shape index (κ2) is 3.25. The lowest BCUT2D eigenvalue weighted by molar-refractivity contribution is -0.331. The maximum atomic E-state index is 5.24. The maximum absolute atomic E-state index is 5.24. The van der Waals surface area contributed by atoms with E-state index in [1.165, 1.54) is 5.23 Å². The SMILES string of the molecule is ClCON1CCCO1. The quantitative estimate of drug-likeness (QED) is 0.525. The molecule has 0 aromatic carbocycles. The van der Waals surface area contributed by atoms with Crippen molar-refractivity contribution in [3.8, 4) is 0 Å². The highest BCUT2D eigenvalue weighted by Gasteiger charge is 2.11. The minimum Gasteiger partial charge on any atom is -0.274 e. The molecule has 0 radical (unpaired) electrons. The minimum absolute atomic E-state index is 0.167. The molecule has 0 unspecified atom stereocenters. The predicted octanol–water partition coefficient (Wildman–Crippen LogP) is 0.752. The third-order valence-corrected chi connectivity index (χ3v) is 1.01. The van der Waals surface area contributed by atoms with Crippen LogP contribution < -0.4 is 0 Å². The molecular formula is C4H8ClNO2. The zero-order valence-corrected chi connectivity index (χ0v) is 5.23. The summed E-state index contributed by atoms with van der Waals surface area (Å²) in [6.07, 6.45) is 1.02. The van der Waals surface area contributed by atoms with Crippen LogP contribution in [0.5, 0.6) is 0 Å². The van der Waals surface area contributed by atoms with Gasteiger partial charge in [-0.15, -0.1) is 0 Å². The Kier molecular flexibility index (Phi) is 2.55. The molecule has 0 aromatic rings. The zero-order valence-electron chi connectivity index (χ0n) is 4.47. The van der Waals surface area contributed by atoms with Gasteiger partial charge in [-0.1, -0.05) is 16.8 Å². The Morgan fingerprint density at radius 1 is 1.75 bits per heavy atom. The molecule has 1 saturated heterocycles. The number of hydrogen-bond donors (Lipinski definition) is 0. The Morgan fingerprint density at radius 2 is 2.62 bits per heavy atom. The van der Waals surface area contributed by atoms with Crippen molar-refractivity contribution < 1.29 is 9.68 Å². The van der Waals surface area contributed by atoms with Crippen molar-refractivity contribution in [1.82, 2.24) is 5.23 Å². The molecule has 0 amide bonds. The van der Waals surface area contributed by atoms with Gasteiger partial charge in [0.1, 0.15) is 6.07 Å². The lowest BCUT2D eigenvalue weighted by Gasteiger charge is -2.09. The highest BCUT2D eigenvalue weighted by molar-refractivity contribution is 6.17. The summed E-state index contributed by atoms with van der Waals surface area (Å²) < 4.78 is 0.